The predicted molar refractivity (Wildman–Crippen MR) is 72.5 cm³/mol. The van der Waals surface area contributed by atoms with Gasteiger partial charge < -0.3 is 5.32 Å². The Morgan fingerprint density at radius 1 is 1.22 bits per heavy atom. The Morgan fingerprint density at radius 3 is 2.61 bits per heavy atom. The molecule has 0 aliphatic carbocycles. The lowest BCUT2D eigenvalue weighted by Gasteiger charge is -2.16. The molecule has 2 aromatic rings. The fourth-order valence-electron chi connectivity index (χ4n) is 1.56. The van der Waals surface area contributed by atoms with E-state index in [-0.39, 0.29) is 11.9 Å². The number of aromatic nitrogens is 2. The van der Waals surface area contributed by atoms with Gasteiger partial charge in [-0.05, 0) is 11.6 Å². The SMILES string of the molecule is O=C(NC(CBr)c1ccccc1)c1ccnnc1. The molecule has 0 aliphatic heterocycles. The molecule has 4 nitrogen and oxygen atoms in total. The zero-order chi connectivity index (χ0) is 12.8. The van der Waals surface area contributed by atoms with Crippen molar-refractivity contribution >= 4 is 21.8 Å². The van der Waals surface area contributed by atoms with E-state index in [2.05, 4.69) is 31.4 Å². The van der Waals surface area contributed by atoms with E-state index in [0.717, 1.165) is 5.56 Å². The number of halogens is 1. The van der Waals surface area contributed by atoms with Crippen LogP contribution in [0.3, 0.4) is 0 Å². The Kier molecular flexibility index (Phi) is 4.41. The zero-order valence-corrected chi connectivity index (χ0v) is 11.2. The van der Waals surface area contributed by atoms with Gasteiger partial charge in [-0.2, -0.15) is 10.2 Å². The van der Waals surface area contributed by atoms with Crippen molar-refractivity contribution in [1.82, 2.24) is 15.5 Å². The summed E-state index contributed by atoms with van der Waals surface area (Å²) in [7, 11) is 0. The Morgan fingerprint density at radius 2 is 2.00 bits per heavy atom. The summed E-state index contributed by atoms with van der Waals surface area (Å²) >= 11 is 3.41. The molecule has 18 heavy (non-hydrogen) atoms. The molecule has 0 saturated heterocycles. The van der Waals surface area contributed by atoms with Gasteiger partial charge in [0.1, 0.15) is 0 Å². The third-order valence-corrected chi connectivity index (χ3v) is 3.16. The van der Waals surface area contributed by atoms with E-state index in [1.54, 1.807) is 6.07 Å². The van der Waals surface area contributed by atoms with Crippen molar-refractivity contribution in [3.05, 3.63) is 59.9 Å². The van der Waals surface area contributed by atoms with Crippen molar-refractivity contribution < 1.29 is 4.79 Å². The summed E-state index contributed by atoms with van der Waals surface area (Å²) in [5.41, 5.74) is 1.57. The highest BCUT2D eigenvalue weighted by Gasteiger charge is 2.14. The van der Waals surface area contributed by atoms with Gasteiger partial charge in [0.25, 0.3) is 5.91 Å². The van der Waals surface area contributed by atoms with Crippen LogP contribution in [0.1, 0.15) is 22.0 Å². The van der Waals surface area contributed by atoms with Gasteiger partial charge in [-0.25, -0.2) is 0 Å². The molecule has 0 aliphatic rings. The number of nitrogens with zero attached hydrogens (tertiary/aromatic N) is 2. The maximum absolute atomic E-state index is 12.0. The fourth-order valence-corrected chi connectivity index (χ4v) is 2.10. The van der Waals surface area contributed by atoms with E-state index in [9.17, 15) is 4.79 Å². The van der Waals surface area contributed by atoms with Crippen LogP contribution in [0.25, 0.3) is 0 Å². The Hall–Kier alpha value is -1.75. The maximum atomic E-state index is 12.0. The Labute approximate surface area is 114 Å². The molecule has 1 amide bonds. The van der Waals surface area contributed by atoms with Crippen molar-refractivity contribution in [3.8, 4) is 0 Å². The molecule has 1 heterocycles. The van der Waals surface area contributed by atoms with Gasteiger partial charge in [0.05, 0.1) is 24.0 Å². The van der Waals surface area contributed by atoms with Gasteiger partial charge in [-0.1, -0.05) is 46.3 Å². The molecule has 5 heteroatoms. The third-order valence-electron chi connectivity index (χ3n) is 2.51. The summed E-state index contributed by atoms with van der Waals surface area (Å²) < 4.78 is 0. The molecular formula is C13H12BrN3O. The highest BCUT2D eigenvalue weighted by Crippen LogP contribution is 2.15. The standard InChI is InChI=1S/C13H12BrN3O/c14-8-12(10-4-2-1-3-5-10)17-13(18)11-6-7-15-16-9-11/h1-7,9,12H,8H2,(H,17,18). The highest BCUT2D eigenvalue weighted by molar-refractivity contribution is 9.09. The molecule has 0 radical (unpaired) electrons. The van der Waals surface area contributed by atoms with Crippen molar-refractivity contribution in [1.29, 1.82) is 0 Å². The lowest BCUT2D eigenvalue weighted by Crippen LogP contribution is -2.29. The maximum Gasteiger partial charge on any atom is 0.253 e. The molecule has 0 spiro atoms. The van der Waals surface area contributed by atoms with Crippen molar-refractivity contribution in [2.45, 2.75) is 6.04 Å². The average molecular weight is 306 g/mol. The molecule has 1 aromatic carbocycles. The first-order chi connectivity index (χ1) is 8.81. The van der Waals surface area contributed by atoms with Crippen molar-refractivity contribution in [2.75, 3.05) is 5.33 Å². The van der Waals surface area contributed by atoms with Gasteiger partial charge in [-0.3, -0.25) is 4.79 Å². The molecule has 1 atom stereocenters. The molecular weight excluding hydrogens is 294 g/mol. The Balaban J connectivity index is 2.10. The summed E-state index contributed by atoms with van der Waals surface area (Å²) in [6.45, 7) is 0. The number of nitrogens with one attached hydrogen (secondary N) is 1. The summed E-state index contributed by atoms with van der Waals surface area (Å²) in [5.74, 6) is -0.154. The first-order valence-electron chi connectivity index (χ1n) is 5.49. The number of alkyl halides is 1. The van der Waals surface area contributed by atoms with E-state index in [4.69, 9.17) is 0 Å². The van der Waals surface area contributed by atoms with E-state index >= 15 is 0 Å². The van der Waals surface area contributed by atoms with Crippen molar-refractivity contribution in [3.63, 3.8) is 0 Å². The quantitative estimate of drug-likeness (QED) is 0.882. The molecule has 1 aromatic heterocycles. The van der Waals surface area contributed by atoms with Gasteiger partial charge >= 0.3 is 0 Å². The van der Waals surface area contributed by atoms with Crippen LogP contribution in [0.5, 0.6) is 0 Å². The normalized spacial score (nSPS) is 11.8. The van der Waals surface area contributed by atoms with Crippen LogP contribution in [0.2, 0.25) is 0 Å². The second kappa shape index (κ2) is 6.26. The molecule has 0 fully saturated rings. The van der Waals surface area contributed by atoms with Gasteiger partial charge in [-0.15, -0.1) is 0 Å². The Bertz CT molecular complexity index is 504. The minimum atomic E-state index is -0.154. The summed E-state index contributed by atoms with van der Waals surface area (Å²) in [5, 5.41) is 10.9. The highest BCUT2D eigenvalue weighted by atomic mass is 79.9. The number of rotatable bonds is 4. The van der Waals surface area contributed by atoms with Crippen LogP contribution < -0.4 is 5.32 Å². The largest absolute Gasteiger partial charge is 0.344 e. The lowest BCUT2D eigenvalue weighted by atomic mass is 10.1. The molecule has 1 unspecified atom stereocenters. The number of hydrogen-bond acceptors (Lipinski definition) is 3. The second-order valence-electron chi connectivity index (χ2n) is 3.72. The van der Waals surface area contributed by atoms with Crippen LogP contribution in [0.4, 0.5) is 0 Å². The number of benzene rings is 1. The number of carbonyl (C=O) groups excluding carboxylic acids is 1. The molecule has 0 bridgehead atoms. The monoisotopic (exact) mass is 305 g/mol. The van der Waals surface area contributed by atoms with Crippen LogP contribution in [0, 0.1) is 0 Å². The van der Waals surface area contributed by atoms with Crippen LogP contribution in [0.15, 0.2) is 48.8 Å². The zero-order valence-electron chi connectivity index (χ0n) is 9.58. The van der Waals surface area contributed by atoms with E-state index < -0.39 is 0 Å². The summed E-state index contributed by atoms with van der Waals surface area (Å²) in [6.07, 6.45) is 2.95. The number of hydrogen-bond donors (Lipinski definition) is 1. The lowest BCUT2D eigenvalue weighted by molar-refractivity contribution is 0.0940. The van der Waals surface area contributed by atoms with Crippen LogP contribution >= 0.6 is 15.9 Å². The topological polar surface area (TPSA) is 54.9 Å². The van der Waals surface area contributed by atoms with E-state index in [0.29, 0.717) is 10.9 Å². The first kappa shape index (κ1) is 12.7. The van der Waals surface area contributed by atoms with Crippen LogP contribution in [-0.2, 0) is 0 Å². The smallest absolute Gasteiger partial charge is 0.253 e. The summed E-state index contributed by atoms with van der Waals surface area (Å²) in [4.78, 5) is 12.0. The van der Waals surface area contributed by atoms with Crippen molar-refractivity contribution in [2.24, 2.45) is 0 Å². The van der Waals surface area contributed by atoms with E-state index in [1.807, 2.05) is 30.3 Å². The summed E-state index contributed by atoms with van der Waals surface area (Å²) in [6, 6.07) is 11.4. The van der Waals surface area contributed by atoms with Gasteiger partial charge in [0.2, 0.25) is 0 Å². The average Bonchev–Trinajstić information content (AvgIpc) is 2.46. The third kappa shape index (κ3) is 3.13. The molecule has 92 valence electrons. The molecule has 0 saturated carbocycles. The number of amides is 1. The van der Waals surface area contributed by atoms with Crippen LogP contribution in [-0.4, -0.2) is 21.4 Å². The minimum Gasteiger partial charge on any atom is -0.344 e. The van der Waals surface area contributed by atoms with Gasteiger partial charge in [0.15, 0.2) is 0 Å². The number of carbonyl (C=O) groups is 1. The second-order valence-corrected chi connectivity index (χ2v) is 4.37. The molecule has 2 rings (SSSR count). The fraction of sp³-hybridized carbons (Fsp3) is 0.154. The molecule has 1 N–H and O–H groups in total. The predicted octanol–water partition coefficient (Wildman–Crippen LogP) is 2.34. The van der Waals surface area contributed by atoms with E-state index in [1.165, 1.54) is 12.4 Å². The van der Waals surface area contributed by atoms with Gasteiger partial charge in [0, 0.05) is 5.33 Å². The first-order valence-corrected chi connectivity index (χ1v) is 6.62. The minimum absolute atomic E-state index is 0.0631.